The summed E-state index contributed by atoms with van der Waals surface area (Å²) in [6.45, 7) is 8.01. The Morgan fingerprint density at radius 3 is 2.31 bits per heavy atom. The van der Waals surface area contributed by atoms with E-state index < -0.39 is 54.3 Å². The third kappa shape index (κ3) is 15.5. The molecule has 522 valence electrons. The number of thiazole rings is 1. The van der Waals surface area contributed by atoms with Crippen LogP contribution in [0.25, 0.3) is 43.5 Å². The van der Waals surface area contributed by atoms with Gasteiger partial charge in [0.2, 0.25) is 12.2 Å². The second-order valence-electron chi connectivity index (χ2n) is 27.3. The van der Waals surface area contributed by atoms with Crippen LogP contribution in [-0.4, -0.2) is 191 Å². The average molecular weight is 1380 g/mol. The van der Waals surface area contributed by atoms with Crippen LogP contribution in [0, 0.1) is 23.2 Å². The highest BCUT2D eigenvalue weighted by molar-refractivity contribution is 7.22. The number of fused-ring (bicyclic) bond motifs is 2. The molecule has 4 aliphatic carbocycles. The number of anilines is 1. The van der Waals surface area contributed by atoms with Crippen molar-refractivity contribution in [2.45, 2.75) is 134 Å². The number of carboxylic acid groups (broad SMARTS) is 2. The molecule has 0 radical (unpaired) electrons. The van der Waals surface area contributed by atoms with Crippen molar-refractivity contribution in [3.63, 3.8) is 0 Å². The van der Waals surface area contributed by atoms with Crippen LogP contribution >= 0.6 is 11.3 Å². The Labute approximate surface area is 573 Å². The van der Waals surface area contributed by atoms with Gasteiger partial charge in [-0.25, -0.2) is 24.4 Å². The number of benzene rings is 3. The molecule has 3 aromatic carbocycles. The second kappa shape index (κ2) is 28.9. The van der Waals surface area contributed by atoms with Gasteiger partial charge in [0.15, 0.2) is 16.9 Å². The molecule has 5 fully saturated rings. The topological polar surface area (TPSA) is 363 Å². The predicted octanol–water partition coefficient (Wildman–Crippen LogP) is 7.70. The molecule has 6 aliphatic rings. The molecular weight excluding hydrogens is 1300 g/mol. The first-order chi connectivity index (χ1) is 47.4. The smallest absolute Gasteiger partial charge is 0.409 e. The number of aromatic nitrogens is 5. The van der Waals surface area contributed by atoms with E-state index in [0.29, 0.717) is 81.9 Å². The number of carbonyl (C=O) groups excluding carboxylic acids is 5. The highest BCUT2D eigenvalue weighted by Gasteiger charge is 2.66. The lowest BCUT2D eigenvalue weighted by Crippen LogP contribution is -2.64. The molecule has 7 aromatic rings. The first kappa shape index (κ1) is 69.6. The summed E-state index contributed by atoms with van der Waals surface area (Å²) in [5, 5.41) is 63.3. The van der Waals surface area contributed by atoms with Crippen molar-refractivity contribution in [3.05, 3.63) is 126 Å². The molecule has 4 aromatic heterocycles. The van der Waals surface area contributed by atoms with Gasteiger partial charge in [-0.15, -0.1) is 0 Å². The van der Waals surface area contributed by atoms with Crippen molar-refractivity contribution in [2.75, 3.05) is 58.4 Å². The van der Waals surface area contributed by atoms with Gasteiger partial charge in [-0.2, -0.15) is 5.10 Å². The molecule has 6 heterocycles. The maximum Gasteiger partial charge on any atom is 0.409 e. The number of hydrogen-bond acceptors (Lipinski definition) is 21. The molecule has 5 amide bonds. The number of nitrogens with zero attached hydrogens (tertiary/aromatic N) is 7. The first-order valence-electron chi connectivity index (χ1n) is 33.0. The zero-order valence-corrected chi connectivity index (χ0v) is 56.0. The number of imide groups is 1. The third-order valence-electron chi connectivity index (χ3n) is 19.3. The van der Waals surface area contributed by atoms with Gasteiger partial charge >= 0.3 is 18.0 Å². The van der Waals surface area contributed by atoms with Crippen molar-refractivity contribution in [1.29, 1.82) is 0 Å². The number of aliphatic carboxylic acids is 1. The largest absolute Gasteiger partial charge is 0.491 e. The quantitative estimate of drug-likeness (QED) is 0.0174. The molecule has 4 bridgehead atoms. The van der Waals surface area contributed by atoms with Gasteiger partial charge in [0.1, 0.15) is 43.0 Å². The number of carboxylic acids is 2. The Hall–Kier alpha value is -9.29. The SMILES string of the molecule is Cc1c(-c2ccc(-c3cnc4cccc(C(=O)Nc5nc6ccccc6s5)c4c3)nc2C(=O)O)cnn1CC12CC3(C)CC(C)(C1)CC(OCCN(C)C(=O)OCc1ccc(O[C@@H]4O[C@H](C(=O)O)[C@@H](O)[C@H](O)[C@H]4O)cc1OCCOCCNC(=O)CCCCCN1C(=O)C=CC1=O)(C3)C2. The summed E-state index contributed by atoms with van der Waals surface area (Å²) in [7, 11) is 1.61. The van der Waals surface area contributed by atoms with Gasteiger partial charge in [0.05, 0.1) is 53.0 Å². The summed E-state index contributed by atoms with van der Waals surface area (Å²) in [4.78, 5) is 105. The molecule has 2 aliphatic heterocycles. The van der Waals surface area contributed by atoms with E-state index in [0.717, 1.165) is 54.4 Å². The Morgan fingerprint density at radius 2 is 1.56 bits per heavy atom. The molecule has 2 unspecified atom stereocenters. The van der Waals surface area contributed by atoms with Crippen LogP contribution in [-0.2, 0) is 51.3 Å². The van der Waals surface area contributed by atoms with E-state index in [2.05, 4.69) is 34.4 Å². The summed E-state index contributed by atoms with van der Waals surface area (Å²) < 4.78 is 38.6. The van der Waals surface area contributed by atoms with Gasteiger partial charge in [0, 0.05) is 103 Å². The molecule has 7 N–H and O–H groups in total. The normalized spacial score (nSPS) is 24.6. The van der Waals surface area contributed by atoms with E-state index in [1.54, 1.807) is 55.8 Å². The summed E-state index contributed by atoms with van der Waals surface area (Å²) >= 11 is 1.37. The number of pyridine rings is 2. The van der Waals surface area contributed by atoms with Crippen molar-refractivity contribution >= 4 is 79.2 Å². The number of likely N-dealkylation sites (N-methyl/N-ethyl adjacent to an activating group) is 1. The lowest BCUT2D eigenvalue weighted by molar-refractivity contribution is -0.271. The third-order valence-corrected chi connectivity index (χ3v) is 20.2. The highest BCUT2D eigenvalue weighted by Crippen LogP contribution is 2.72. The number of carbonyl (C=O) groups is 7. The standard InChI is InChI=1S/C71H79N9O18S/c1-41-48(45-18-19-49(75-57(45)63(88)89)43-29-47-46(11-10-13-50(47)73-31-43)62(87)77-66-76-51-12-7-8-14-53(51)99-66)32-74-80(41)40-70-35-68(2)34-69(3,36-70)38-71(37-68,39-70)96-26-24-78(4)67(92)95-33-42-16-17-44(97-65-60(86)58(84)59(85)61(98-65)64(90)91)30-52(42)94-28-27-93-25-22-72-54(81)15-6-5-9-23-79-55(82)20-21-56(79)83/h7-8,10-14,16-21,29-32,58-61,65,84-86H,5-6,9,15,22-28,33-40H2,1-4H3,(H,72,81)(H,88,89)(H,90,91)(H,76,77,87)/t58-,59-,60+,61-,65+,68?,69?,70?,71?/m0/s1. The molecule has 0 spiro atoms. The fraction of sp³-hybridized carbons (Fsp3) is 0.451. The van der Waals surface area contributed by atoms with Crippen LogP contribution in [0.2, 0.25) is 0 Å². The van der Waals surface area contributed by atoms with E-state index in [4.69, 9.17) is 38.5 Å². The van der Waals surface area contributed by atoms with E-state index in [9.17, 15) is 59.1 Å². The molecule has 4 saturated carbocycles. The van der Waals surface area contributed by atoms with E-state index in [-0.39, 0.29) is 110 Å². The number of para-hydroxylation sites is 1. The number of unbranched alkanes of at least 4 members (excludes halogenated alkanes) is 2. The van der Waals surface area contributed by atoms with Gasteiger partial charge in [-0.05, 0) is 129 Å². The first-order valence-corrected chi connectivity index (χ1v) is 33.8. The number of ether oxygens (including phenoxy) is 6. The predicted molar refractivity (Wildman–Crippen MR) is 358 cm³/mol. The minimum absolute atomic E-state index is 0.0108. The fourth-order valence-electron chi connectivity index (χ4n) is 15.8. The van der Waals surface area contributed by atoms with E-state index in [1.807, 2.05) is 35.9 Å². The monoisotopic (exact) mass is 1380 g/mol. The molecule has 27 nitrogen and oxygen atoms in total. The lowest BCUT2D eigenvalue weighted by Gasteiger charge is -2.69. The van der Waals surface area contributed by atoms with Crippen molar-refractivity contribution in [2.24, 2.45) is 16.2 Å². The Morgan fingerprint density at radius 1 is 0.788 bits per heavy atom. The van der Waals surface area contributed by atoms with Gasteiger partial charge in [-0.3, -0.25) is 39.1 Å². The minimum atomic E-state index is -1.94. The van der Waals surface area contributed by atoms with Crippen LogP contribution in [0.15, 0.2) is 103 Å². The number of amides is 5. The zero-order valence-electron chi connectivity index (χ0n) is 55.2. The number of rotatable bonds is 29. The van der Waals surface area contributed by atoms with Crippen LogP contribution in [0.1, 0.15) is 110 Å². The molecule has 7 atom stereocenters. The number of aliphatic hydroxyl groups is 3. The maximum absolute atomic E-state index is 13.7. The van der Waals surface area contributed by atoms with Gasteiger partial charge < -0.3 is 64.2 Å². The molecule has 1 saturated heterocycles. The molecule has 28 heteroatoms. The van der Waals surface area contributed by atoms with E-state index in [1.165, 1.54) is 51.5 Å². The zero-order chi connectivity index (χ0) is 70.0. The van der Waals surface area contributed by atoms with Crippen LogP contribution < -0.4 is 20.1 Å². The number of aromatic carboxylic acids is 1. The Kier molecular flexibility index (Phi) is 20.3. The number of hydrogen-bond donors (Lipinski definition) is 7. The van der Waals surface area contributed by atoms with Crippen LogP contribution in [0.3, 0.4) is 0 Å². The van der Waals surface area contributed by atoms with E-state index >= 15 is 0 Å². The van der Waals surface area contributed by atoms with Crippen molar-refractivity contribution in [1.82, 2.24) is 39.8 Å². The maximum atomic E-state index is 13.7. The van der Waals surface area contributed by atoms with Gasteiger partial charge in [-0.1, -0.05) is 49.8 Å². The highest BCUT2D eigenvalue weighted by atomic mass is 32.1. The number of aliphatic hydroxyl groups excluding tert-OH is 3. The fourth-order valence-corrected chi connectivity index (χ4v) is 16.7. The van der Waals surface area contributed by atoms with Crippen LogP contribution in [0.5, 0.6) is 11.5 Å². The van der Waals surface area contributed by atoms with Crippen molar-refractivity contribution in [3.8, 4) is 33.9 Å². The Bertz CT molecular complexity index is 4220. The molecule has 99 heavy (non-hydrogen) atoms. The van der Waals surface area contributed by atoms with Crippen molar-refractivity contribution < 1.29 is 87.5 Å². The Balaban J connectivity index is 0.660. The summed E-state index contributed by atoms with van der Waals surface area (Å²) in [6, 6.07) is 22.6. The molecular formula is C71H79N9O18S. The van der Waals surface area contributed by atoms with Crippen LogP contribution in [0.4, 0.5) is 9.93 Å². The van der Waals surface area contributed by atoms with Gasteiger partial charge in [0.25, 0.3) is 17.7 Å². The number of nitrogens with one attached hydrogen (secondary N) is 2. The summed E-state index contributed by atoms with van der Waals surface area (Å²) in [5.41, 5.74) is 3.87. The second-order valence-corrected chi connectivity index (χ2v) is 28.4. The minimum Gasteiger partial charge on any atom is -0.491 e. The average Bonchev–Trinajstić information content (AvgIpc) is 1.02. The molecule has 13 rings (SSSR count). The lowest BCUT2D eigenvalue weighted by atomic mass is 9.39. The summed E-state index contributed by atoms with van der Waals surface area (Å²) in [5.74, 6) is -3.85. The summed E-state index contributed by atoms with van der Waals surface area (Å²) in [6.07, 6.45) is 3.25.